The second-order valence-electron chi connectivity index (χ2n) is 6.07. The van der Waals surface area contributed by atoms with Crippen molar-refractivity contribution >= 4 is 18.3 Å². The highest BCUT2D eigenvalue weighted by Crippen LogP contribution is 2.15. The molecule has 1 amide bonds. The van der Waals surface area contributed by atoms with Crippen LogP contribution in [-0.4, -0.2) is 25.0 Å². The van der Waals surface area contributed by atoms with Gasteiger partial charge in [-0.2, -0.15) is 0 Å². The van der Waals surface area contributed by atoms with Gasteiger partial charge >= 0.3 is 0 Å². The first-order valence-corrected chi connectivity index (χ1v) is 7.62. The highest BCUT2D eigenvalue weighted by molar-refractivity contribution is 5.85. The summed E-state index contributed by atoms with van der Waals surface area (Å²) in [4.78, 5) is 12.2. The average Bonchev–Trinajstić information content (AvgIpc) is 2.43. The van der Waals surface area contributed by atoms with E-state index in [-0.39, 0.29) is 24.4 Å². The van der Waals surface area contributed by atoms with E-state index in [2.05, 4.69) is 49.6 Å². The molecule has 2 unspecified atom stereocenters. The maximum absolute atomic E-state index is 12.2. The Balaban J connectivity index is 0.00000220. The number of nitrogens with one attached hydrogen (secondary N) is 2. The first-order valence-electron chi connectivity index (χ1n) is 7.62. The summed E-state index contributed by atoms with van der Waals surface area (Å²) in [7, 11) is 0. The second-order valence-corrected chi connectivity index (χ2v) is 6.07. The molecule has 0 aliphatic carbocycles. The van der Waals surface area contributed by atoms with Crippen molar-refractivity contribution in [3.63, 3.8) is 0 Å². The summed E-state index contributed by atoms with van der Waals surface area (Å²) in [5, 5.41) is 6.57. The molecule has 21 heavy (non-hydrogen) atoms. The molecule has 2 rings (SSSR count). The molecule has 1 aliphatic rings. The fourth-order valence-corrected chi connectivity index (χ4v) is 2.89. The molecule has 0 aromatic heterocycles. The van der Waals surface area contributed by atoms with Crippen LogP contribution in [0.3, 0.4) is 0 Å². The van der Waals surface area contributed by atoms with Crippen LogP contribution in [0.5, 0.6) is 0 Å². The zero-order valence-corrected chi connectivity index (χ0v) is 14.1. The number of carbonyl (C=O) groups is 1. The van der Waals surface area contributed by atoms with E-state index in [1.54, 1.807) is 0 Å². The number of amides is 1. The topological polar surface area (TPSA) is 41.1 Å². The van der Waals surface area contributed by atoms with E-state index in [1.807, 2.05) is 0 Å². The Kier molecular flexibility index (Phi) is 7.20. The normalized spacial score (nSPS) is 19.5. The minimum Gasteiger partial charge on any atom is -0.353 e. The molecule has 0 spiro atoms. The lowest BCUT2D eigenvalue weighted by molar-refractivity contribution is -0.121. The molecule has 1 fully saturated rings. The second kappa shape index (κ2) is 8.40. The summed E-state index contributed by atoms with van der Waals surface area (Å²) >= 11 is 0. The van der Waals surface area contributed by atoms with Gasteiger partial charge in [-0.25, -0.2) is 0 Å². The zero-order valence-electron chi connectivity index (χ0n) is 13.2. The van der Waals surface area contributed by atoms with E-state index < -0.39 is 0 Å². The molecule has 0 bridgehead atoms. The van der Waals surface area contributed by atoms with E-state index in [1.165, 1.54) is 24.0 Å². The Hall–Kier alpha value is -1.06. The van der Waals surface area contributed by atoms with Gasteiger partial charge in [0.05, 0.1) is 6.42 Å². The van der Waals surface area contributed by atoms with E-state index in [9.17, 15) is 4.79 Å². The molecule has 1 saturated heterocycles. The summed E-state index contributed by atoms with van der Waals surface area (Å²) < 4.78 is 0. The van der Waals surface area contributed by atoms with Crippen LogP contribution in [0.4, 0.5) is 0 Å². The Morgan fingerprint density at radius 1 is 1.43 bits per heavy atom. The van der Waals surface area contributed by atoms with Gasteiger partial charge < -0.3 is 10.6 Å². The number of hydrogen-bond acceptors (Lipinski definition) is 2. The lowest BCUT2D eigenvalue weighted by Gasteiger charge is -2.29. The number of aryl methyl sites for hydroxylation is 2. The fourth-order valence-electron chi connectivity index (χ4n) is 2.89. The molecule has 3 nitrogen and oxygen atoms in total. The fraction of sp³-hybridized carbons (Fsp3) is 0.588. The maximum atomic E-state index is 12.2. The Morgan fingerprint density at radius 2 is 2.19 bits per heavy atom. The third-order valence-corrected chi connectivity index (χ3v) is 4.29. The number of hydrogen-bond donors (Lipinski definition) is 2. The highest BCUT2D eigenvalue weighted by atomic mass is 35.5. The first kappa shape index (κ1) is 18.0. The number of carbonyl (C=O) groups excluding carboxylic acids is 1. The lowest BCUT2D eigenvalue weighted by atomic mass is 9.92. The van der Waals surface area contributed by atoms with Crippen molar-refractivity contribution in [1.82, 2.24) is 10.6 Å². The molecule has 1 heterocycles. The van der Waals surface area contributed by atoms with Gasteiger partial charge in [-0.3, -0.25) is 4.79 Å². The van der Waals surface area contributed by atoms with Crippen LogP contribution < -0.4 is 10.6 Å². The molecule has 0 saturated carbocycles. The standard InChI is InChI=1S/C17H26N2O.ClH/c1-12-6-7-13(2)16(9-12)10-17(20)19-14(3)15-5-4-8-18-11-15;/h6-7,9,14-15,18H,4-5,8,10-11H2,1-3H3,(H,19,20);1H. The zero-order chi connectivity index (χ0) is 14.5. The minimum atomic E-state index is 0. The van der Waals surface area contributed by atoms with Gasteiger partial charge in [0.15, 0.2) is 0 Å². The molecule has 1 aromatic rings. The number of halogens is 1. The van der Waals surface area contributed by atoms with Gasteiger partial charge in [-0.05, 0) is 63.7 Å². The number of benzene rings is 1. The van der Waals surface area contributed by atoms with Crippen LogP contribution in [-0.2, 0) is 11.2 Å². The molecule has 2 atom stereocenters. The monoisotopic (exact) mass is 310 g/mol. The van der Waals surface area contributed by atoms with Crippen molar-refractivity contribution < 1.29 is 4.79 Å². The summed E-state index contributed by atoms with van der Waals surface area (Å²) in [5.41, 5.74) is 3.54. The smallest absolute Gasteiger partial charge is 0.224 e. The van der Waals surface area contributed by atoms with Crippen molar-refractivity contribution in [1.29, 1.82) is 0 Å². The predicted octanol–water partition coefficient (Wildman–Crippen LogP) is 2.77. The third kappa shape index (κ3) is 5.33. The molecule has 118 valence electrons. The molecule has 1 aliphatic heterocycles. The lowest BCUT2D eigenvalue weighted by Crippen LogP contribution is -2.45. The van der Waals surface area contributed by atoms with Crippen LogP contribution in [0, 0.1) is 19.8 Å². The summed E-state index contributed by atoms with van der Waals surface area (Å²) in [6, 6.07) is 6.54. The van der Waals surface area contributed by atoms with E-state index in [4.69, 9.17) is 0 Å². The molecule has 2 N–H and O–H groups in total. The molecular formula is C17H27ClN2O. The van der Waals surface area contributed by atoms with E-state index in [0.29, 0.717) is 12.3 Å². The van der Waals surface area contributed by atoms with Crippen LogP contribution in [0.1, 0.15) is 36.5 Å². The Labute approximate surface area is 134 Å². The largest absolute Gasteiger partial charge is 0.353 e. The van der Waals surface area contributed by atoms with Crippen LogP contribution in [0.25, 0.3) is 0 Å². The molecular weight excluding hydrogens is 284 g/mol. The SMILES string of the molecule is Cc1ccc(C)c(CC(=O)NC(C)C2CCCNC2)c1.Cl. The Morgan fingerprint density at radius 3 is 2.86 bits per heavy atom. The van der Waals surface area contributed by atoms with Crippen LogP contribution in [0.2, 0.25) is 0 Å². The first-order chi connectivity index (χ1) is 9.56. The van der Waals surface area contributed by atoms with Gasteiger partial charge in [0.25, 0.3) is 0 Å². The maximum Gasteiger partial charge on any atom is 0.224 e. The van der Waals surface area contributed by atoms with Crippen molar-refractivity contribution in [2.45, 2.75) is 46.1 Å². The molecule has 0 radical (unpaired) electrons. The van der Waals surface area contributed by atoms with Crippen molar-refractivity contribution in [2.75, 3.05) is 13.1 Å². The highest BCUT2D eigenvalue weighted by Gasteiger charge is 2.21. The molecule has 4 heteroatoms. The summed E-state index contributed by atoms with van der Waals surface area (Å²) in [6.45, 7) is 8.39. The van der Waals surface area contributed by atoms with Crippen molar-refractivity contribution in [3.8, 4) is 0 Å². The summed E-state index contributed by atoms with van der Waals surface area (Å²) in [5.74, 6) is 0.697. The molecule has 1 aromatic carbocycles. The van der Waals surface area contributed by atoms with E-state index in [0.717, 1.165) is 18.7 Å². The van der Waals surface area contributed by atoms with Gasteiger partial charge in [0.2, 0.25) is 5.91 Å². The van der Waals surface area contributed by atoms with Crippen molar-refractivity contribution in [3.05, 3.63) is 34.9 Å². The minimum absolute atomic E-state index is 0. The number of piperidine rings is 1. The van der Waals surface area contributed by atoms with Gasteiger partial charge in [-0.15, -0.1) is 12.4 Å². The predicted molar refractivity (Wildman–Crippen MR) is 90.1 cm³/mol. The number of rotatable bonds is 4. The van der Waals surface area contributed by atoms with Gasteiger partial charge in [0, 0.05) is 6.04 Å². The third-order valence-electron chi connectivity index (χ3n) is 4.29. The average molecular weight is 311 g/mol. The summed E-state index contributed by atoms with van der Waals surface area (Å²) in [6.07, 6.45) is 2.90. The quantitative estimate of drug-likeness (QED) is 0.898. The van der Waals surface area contributed by atoms with Gasteiger partial charge in [-0.1, -0.05) is 23.8 Å². The Bertz CT molecular complexity index is 470. The van der Waals surface area contributed by atoms with E-state index >= 15 is 0 Å². The van der Waals surface area contributed by atoms with Crippen molar-refractivity contribution in [2.24, 2.45) is 5.92 Å². The van der Waals surface area contributed by atoms with Crippen LogP contribution in [0.15, 0.2) is 18.2 Å². The van der Waals surface area contributed by atoms with Gasteiger partial charge in [0.1, 0.15) is 0 Å². The van der Waals surface area contributed by atoms with Crippen LogP contribution >= 0.6 is 12.4 Å².